The van der Waals surface area contributed by atoms with Crippen molar-refractivity contribution in [3.05, 3.63) is 68.3 Å². The van der Waals surface area contributed by atoms with E-state index in [2.05, 4.69) is 10.1 Å². The van der Waals surface area contributed by atoms with E-state index in [1.165, 1.54) is 12.1 Å². The number of hydrogen-bond acceptors (Lipinski definition) is 10. The quantitative estimate of drug-likeness (QED) is 0.264. The molecule has 0 aliphatic carbocycles. The Labute approximate surface area is 170 Å². The Balaban J connectivity index is 2.27. The summed E-state index contributed by atoms with van der Waals surface area (Å²) in [5, 5.41) is 24.5. The number of hydrogen-bond donors (Lipinski definition) is 1. The summed E-state index contributed by atoms with van der Waals surface area (Å²) in [6.45, 7) is 1.03. The molecule has 2 aromatic rings. The number of anilines is 1. The van der Waals surface area contributed by atoms with Crippen molar-refractivity contribution in [3.8, 4) is 0 Å². The average Bonchev–Trinajstić information content (AvgIpc) is 2.70. The maximum Gasteiger partial charge on any atom is 0.330 e. The molecule has 0 heterocycles. The van der Waals surface area contributed by atoms with Crippen molar-refractivity contribution in [2.45, 2.75) is 17.9 Å². The van der Waals surface area contributed by atoms with E-state index in [9.17, 15) is 33.4 Å². The van der Waals surface area contributed by atoms with Gasteiger partial charge in [0.1, 0.15) is 11.7 Å². The monoisotopic (exact) mass is 439 g/mol. The van der Waals surface area contributed by atoms with E-state index in [0.29, 0.717) is 6.07 Å². The molecule has 13 heteroatoms. The summed E-state index contributed by atoms with van der Waals surface area (Å²) < 4.78 is 34.1. The van der Waals surface area contributed by atoms with Crippen LogP contribution in [-0.2, 0) is 23.8 Å². The van der Waals surface area contributed by atoms with Gasteiger partial charge in [0, 0.05) is 6.07 Å². The number of carbonyl (C=O) groups is 1. The van der Waals surface area contributed by atoms with Gasteiger partial charge in [-0.25, -0.2) is 4.79 Å². The minimum atomic E-state index is -4.22. The zero-order chi connectivity index (χ0) is 22.5. The average molecular weight is 439 g/mol. The van der Waals surface area contributed by atoms with Crippen LogP contribution in [0.25, 0.3) is 0 Å². The highest BCUT2D eigenvalue weighted by atomic mass is 32.2. The number of nitrogens with zero attached hydrogens (tertiary/aromatic N) is 2. The molecule has 1 N–H and O–H groups in total. The van der Waals surface area contributed by atoms with Gasteiger partial charge >= 0.3 is 5.97 Å². The van der Waals surface area contributed by atoms with Gasteiger partial charge in [-0.2, -0.15) is 8.42 Å². The van der Waals surface area contributed by atoms with Crippen LogP contribution in [0.2, 0.25) is 0 Å². The summed E-state index contributed by atoms with van der Waals surface area (Å²) in [7, 11) is -3.18. The first-order valence-electron chi connectivity index (χ1n) is 8.28. The number of nitro benzene ring substituents is 2. The highest BCUT2D eigenvalue weighted by molar-refractivity contribution is 7.86. The number of esters is 1. The second kappa shape index (κ2) is 9.28. The van der Waals surface area contributed by atoms with Crippen molar-refractivity contribution in [1.29, 1.82) is 0 Å². The first-order valence-corrected chi connectivity index (χ1v) is 9.69. The largest absolute Gasteiger partial charge is 0.467 e. The third-order valence-corrected chi connectivity index (χ3v) is 5.20. The molecule has 0 aromatic heterocycles. The third kappa shape index (κ3) is 5.48. The first-order chi connectivity index (χ1) is 14.0. The van der Waals surface area contributed by atoms with Crippen LogP contribution in [-0.4, -0.2) is 44.0 Å². The molecule has 2 rings (SSSR count). The number of aryl methyl sites for hydroxylation is 1. The van der Waals surface area contributed by atoms with E-state index in [0.717, 1.165) is 24.8 Å². The second-order valence-corrected chi connectivity index (χ2v) is 7.60. The Bertz CT molecular complexity index is 1070. The van der Waals surface area contributed by atoms with E-state index in [4.69, 9.17) is 4.18 Å². The Morgan fingerprint density at radius 1 is 1.10 bits per heavy atom. The smallest absolute Gasteiger partial charge is 0.330 e. The van der Waals surface area contributed by atoms with Crippen molar-refractivity contribution in [3.63, 3.8) is 0 Å². The summed E-state index contributed by atoms with van der Waals surface area (Å²) in [6, 6.07) is 7.06. The van der Waals surface area contributed by atoms with Gasteiger partial charge in [0.2, 0.25) is 0 Å². The summed E-state index contributed by atoms with van der Waals surface area (Å²) in [5.74, 6) is -0.957. The van der Waals surface area contributed by atoms with Gasteiger partial charge in [-0.05, 0) is 25.1 Å². The van der Waals surface area contributed by atoms with Crippen molar-refractivity contribution in [2.24, 2.45) is 0 Å². The lowest BCUT2D eigenvalue weighted by atomic mass is 10.2. The standard InChI is InChI=1S/C17H17N3O9S/c1-11-3-6-13(7-4-11)30(26,27)29-10-15(17(21)28-2)18-14-8-5-12(19(22)23)9-16(14)20(24)25/h3-9,15,18H,10H2,1-2H3. The second-order valence-electron chi connectivity index (χ2n) is 5.99. The first kappa shape index (κ1) is 22.7. The molecule has 0 radical (unpaired) electrons. The lowest BCUT2D eigenvalue weighted by Crippen LogP contribution is -2.36. The number of nitrogens with one attached hydrogen (secondary N) is 1. The predicted octanol–water partition coefficient (Wildman–Crippen LogP) is 2.17. The molecule has 12 nitrogen and oxygen atoms in total. The fraction of sp³-hybridized carbons (Fsp3) is 0.235. The number of non-ortho nitro benzene ring substituents is 1. The molecule has 0 fully saturated rings. The van der Waals surface area contributed by atoms with Crippen LogP contribution in [0.15, 0.2) is 47.4 Å². The maximum atomic E-state index is 12.3. The van der Waals surface area contributed by atoms with Gasteiger partial charge in [0.25, 0.3) is 21.5 Å². The van der Waals surface area contributed by atoms with E-state index in [1.54, 1.807) is 19.1 Å². The Hall–Kier alpha value is -3.58. The van der Waals surface area contributed by atoms with E-state index < -0.39 is 50.0 Å². The van der Waals surface area contributed by atoms with Crippen molar-refractivity contribution >= 4 is 33.1 Å². The molecular weight excluding hydrogens is 422 g/mol. The molecule has 2 aromatic carbocycles. The van der Waals surface area contributed by atoms with Gasteiger partial charge in [0.05, 0.1) is 34.5 Å². The molecule has 0 saturated heterocycles. The summed E-state index contributed by atoms with van der Waals surface area (Å²) >= 11 is 0. The molecule has 1 atom stereocenters. The van der Waals surface area contributed by atoms with Gasteiger partial charge in [0.15, 0.2) is 0 Å². The number of carbonyl (C=O) groups excluding carboxylic acids is 1. The zero-order valence-corrected chi connectivity index (χ0v) is 16.6. The highest BCUT2D eigenvalue weighted by Crippen LogP contribution is 2.29. The number of ether oxygens (including phenoxy) is 1. The molecule has 0 amide bonds. The summed E-state index contributed by atoms with van der Waals surface area (Å²) in [4.78, 5) is 32.3. The van der Waals surface area contributed by atoms with E-state index in [-0.39, 0.29) is 10.6 Å². The predicted molar refractivity (Wildman–Crippen MR) is 103 cm³/mol. The SMILES string of the molecule is COC(=O)C(COS(=O)(=O)c1ccc(C)cc1)Nc1ccc([N+](=O)[O-])cc1[N+](=O)[O-]. The van der Waals surface area contributed by atoms with Crippen LogP contribution < -0.4 is 5.32 Å². The molecule has 30 heavy (non-hydrogen) atoms. The molecule has 0 aliphatic rings. The lowest BCUT2D eigenvalue weighted by Gasteiger charge is -2.17. The Kier molecular flexibility index (Phi) is 7.02. The molecule has 160 valence electrons. The topological polar surface area (TPSA) is 168 Å². The minimum absolute atomic E-state index is 0.141. The number of rotatable bonds is 9. The maximum absolute atomic E-state index is 12.3. The molecule has 0 aliphatic heterocycles. The van der Waals surface area contributed by atoms with Crippen LogP contribution in [0.5, 0.6) is 0 Å². The van der Waals surface area contributed by atoms with Gasteiger partial charge < -0.3 is 10.1 Å². The molecule has 0 saturated carbocycles. The summed E-state index contributed by atoms with van der Waals surface area (Å²) in [5.41, 5.74) is -0.634. The van der Waals surface area contributed by atoms with Crippen LogP contribution in [0.3, 0.4) is 0 Å². The van der Waals surface area contributed by atoms with E-state index >= 15 is 0 Å². The third-order valence-electron chi connectivity index (χ3n) is 3.90. The van der Waals surface area contributed by atoms with E-state index in [1.807, 2.05) is 0 Å². The Morgan fingerprint density at radius 2 is 1.73 bits per heavy atom. The number of methoxy groups -OCH3 is 1. The normalized spacial score (nSPS) is 12.1. The van der Waals surface area contributed by atoms with Crippen molar-refractivity contribution in [2.75, 3.05) is 19.0 Å². The molecule has 0 spiro atoms. The minimum Gasteiger partial charge on any atom is -0.467 e. The fourth-order valence-electron chi connectivity index (χ4n) is 2.34. The van der Waals surface area contributed by atoms with Gasteiger partial charge in [-0.15, -0.1) is 0 Å². The van der Waals surface area contributed by atoms with Crippen LogP contribution >= 0.6 is 0 Å². The number of benzene rings is 2. The Morgan fingerprint density at radius 3 is 2.27 bits per heavy atom. The van der Waals surface area contributed by atoms with Crippen molar-refractivity contribution in [1.82, 2.24) is 0 Å². The van der Waals surface area contributed by atoms with Gasteiger partial charge in [-0.1, -0.05) is 17.7 Å². The number of nitro groups is 2. The lowest BCUT2D eigenvalue weighted by molar-refractivity contribution is -0.393. The summed E-state index contributed by atoms with van der Waals surface area (Å²) in [6.07, 6.45) is 0. The highest BCUT2D eigenvalue weighted by Gasteiger charge is 2.28. The van der Waals surface area contributed by atoms with Crippen LogP contribution in [0, 0.1) is 27.2 Å². The molecular formula is C17H17N3O9S. The van der Waals surface area contributed by atoms with Gasteiger partial charge in [-0.3, -0.25) is 24.4 Å². The molecule has 0 bridgehead atoms. The van der Waals surface area contributed by atoms with Crippen molar-refractivity contribution < 1.29 is 32.0 Å². The zero-order valence-electron chi connectivity index (χ0n) is 15.8. The van der Waals surface area contributed by atoms with Crippen LogP contribution in [0.1, 0.15) is 5.56 Å². The molecule has 1 unspecified atom stereocenters. The van der Waals surface area contributed by atoms with Crippen LogP contribution in [0.4, 0.5) is 17.1 Å². The fourth-order valence-corrected chi connectivity index (χ4v) is 3.26.